The molecule has 0 spiro atoms. The lowest BCUT2D eigenvalue weighted by Gasteiger charge is -2.30. The SMILES string of the molecule is O=C(Nc1c(F)cc([N+](=O)[O-])cc1F)OCCCN1CCC(c2nc3ccccc3s2)CC1. The number of thiazole rings is 1. The number of piperidine rings is 1. The first-order valence-corrected chi connectivity index (χ1v) is 11.4. The molecule has 2 heterocycles. The van der Waals surface area contributed by atoms with Crippen molar-refractivity contribution in [2.24, 2.45) is 0 Å². The second-order valence-corrected chi connectivity index (χ2v) is 8.85. The van der Waals surface area contributed by atoms with Crippen molar-refractivity contribution in [3.8, 4) is 0 Å². The van der Waals surface area contributed by atoms with Crippen LogP contribution in [0, 0.1) is 21.7 Å². The van der Waals surface area contributed by atoms with Gasteiger partial charge in [-0.25, -0.2) is 18.6 Å². The first kappa shape index (κ1) is 23.0. The molecule has 0 aliphatic carbocycles. The van der Waals surface area contributed by atoms with Gasteiger partial charge >= 0.3 is 6.09 Å². The topological polar surface area (TPSA) is 97.6 Å². The van der Waals surface area contributed by atoms with E-state index in [2.05, 4.69) is 11.0 Å². The largest absolute Gasteiger partial charge is 0.449 e. The number of halogens is 2. The second-order valence-electron chi connectivity index (χ2n) is 7.79. The smallest absolute Gasteiger partial charge is 0.411 e. The van der Waals surface area contributed by atoms with E-state index in [1.807, 2.05) is 23.5 Å². The molecule has 1 amide bonds. The van der Waals surface area contributed by atoms with E-state index < -0.39 is 34.0 Å². The van der Waals surface area contributed by atoms with Gasteiger partial charge in [0.2, 0.25) is 0 Å². The molecule has 1 aliphatic heterocycles. The predicted molar refractivity (Wildman–Crippen MR) is 121 cm³/mol. The number of ether oxygens (including phenoxy) is 1. The minimum atomic E-state index is -1.24. The fourth-order valence-corrected chi connectivity index (χ4v) is 4.98. The molecule has 33 heavy (non-hydrogen) atoms. The Hall–Kier alpha value is -3.18. The third kappa shape index (κ3) is 5.60. The van der Waals surface area contributed by atoms with Crippen LogP contribution in [0.25, 0.3) is 10.2 Å². The molecule has 1 saturated heterocycles. The third-order valence-electron chi connectivity index (χ3n) is 5.56. The van der Waals surface area contributed by atoms with Crippen LogP contribution < -0.4 is 5.32 Å². The van der Waals surface area contributed by atoms with E-state index in [1.165, 1.54) is 9.71 Å². The number of nitro benzene ring substituents is 1. The third-order valence-corrected chi connectivity index (χ3v) is 6.76. The van der Waals surface area contributed by atoms with Crippen molar-refractivity contribution >= 4 is 39.0 Å². The van der Waals surface area contributed by atoms with Crippen LogP contribution >= 0.6 is 11.3 Å². The van der Waals surface area contributed by atoms with Crippen molar-refractivity contribution in [2.45, 2.75) is 25.2 Å². The van der Waals surface area contributed by atoms with Gasteiger partial charge in [0.05, 0.1) is 38.9 Å². The number of likely N-dealkylation sites (tertiary alicyclic amines) is 1. The zero-order valence-corrected chi connectivity index (χ0v) is 18.4. The number of nitrogens with one attached hydrogen (secondary N) is 1. The molecular weight excluding hydrogens is 454 g/mol. The maximum atomic E-state index is 13.9. The predicted octanol–water partition coefficient (Wildman–Crippen LogP) is 5.30. The highest BCUT2D eigenvalue weighted by Crippen LogP contribution is 2.33. The number of para-hydroxylation sites is 1. The number of benzene rings is 2. The summed E-state index contributed by atoms with van der Waals surface area (Å²) in [6.07, 6.45) is 1.58. The number of anilines is 1. The maximum Gasteiger partial charge on any atom is 0.411 e. The Bertz CT molecular complexity index is 1110. The van der Waals surface area contributed by atoms with Gasteiger partial charge in [-0.3, -0.25) is 15.4 Å². The number of carbonyl (C=O) groups excluding carboxylic acids is 1. The molecule has 0 saturated carbocycles. The summed E-state index contributed by atoms with van der Waals surface area (Å²) in [7, 11) is 0. The lowest BCUT2D eigenvalue weighted by atomic mass is 9.97. The monoisotopic (exact) mass is 476 g/mol. The van der Waals surface area contributed by atoms with Crippen LogP contribution in [-0.4, -0.2) is 47.1 Å². The highest BCUT2D eigenvalue weighted by Gasteiger charge is 2.23. The van der Waals surface area contributed by atoms with Gasteiger partial charge in [-0.2, -0.15) is 0 Å². The molecule has 4 rings (SSSR count). The van der Waals surface area contributed by atoms with Crippen molar-refractivity contribution < 1.29 is 23.2 Å². The number of nitro groups is 1. The van der Waals surface area contributed by atoms with Gasteiger partial charge in [0.1, 0.15) is 5.69 Å². The highest BCUT2D eigenvalue weighted by atomic mass is 32.1. The van der Waals surface area contributed by atoms with Crippen LogP contribution in [0.1, 0.15) is 30.2 Å². The molecule has 0 atom stereocenters. The minimum absolute atomic E-state index is 0.0832. The summed E-state index contributed by atoms with van der Waals surface area (Å²) in [5.41, 5.74) is -0.470. The average molecular weight is 477 g/mol. The number of hydrogen-bond donors (Lipinski definition) is 1. The van der Waals surface area contributed by atoms with E-state index in [9.17, 15) is 23.7 Å². The summed E-state index contributed by atoms with van der Waals surface area (Å²) < 4.78 is 33.9. The van der Waals surface area contributed by atoms with Crippen molar-refractivity contribution in [1.82, 2.24) is 9.88 Å². The van der Waals surface area contributed by atoms with E-state index in [4.69, 9.17) is 9.72 Å². The molecule has 174 valence electrons. The average Bonchev–Trinajstić information content (AvgIpc) is 3.23. The molecule has 1 fully saturated rings. The van der Waals surface area contributed by atoms with Gasteiger partial charge in [0.25, 0.3) is 5.69 Å². The van der Waals surface area contributed by atoms with Crippen LogP contribution in [0.5, 0.6) is 0 Å². The van der Waals surface area contributed by atoms with Crippen molar-refractivity contribution in [3.05, 3.63) is 63.2 Å². The summed E-state index contributed by atoms with van der Waals surface area (Å²) in [6.45, 7) is 2.66. The van der Waals surface area contributed by atoms with E-state index in [1.54, 1.807) is 11.3 Å². The molecular formula is C22H22F2N4O4S. The zero-order chi connectivity index (χ0) is 23.4. The molecule has 2 aromatic carbocycles. The molecule has 11 heteroatoms. The normalized spacial score (nSPS) is 15.0. The molecule has 8 nitrogen and oxygen atoms in total. The Morgan fingerprint density at radius 1 is 1.24 bits per heavy atom. The second kappa shape index (κ2) is 10.2. The molecule has 0 radical (unpaired) electrons. The van der Waals surface area contributed by atoms with E-state index >= 15 is 0 Å². The highest BCUT2D eigenvalue weighted by molar-refractivity contribution is 7.18. The van der Waals surface area contributed by atoms with Crippen LogP contribution in [0.2, 0.25) is 0 Å². The summed E-state index contributed by atoms with van der Waals surface area (Å²) >= 11 is 1.75. The molecule has 1 aliphatic rings. The molecule has 3 aromatic rings. The van der Waals surface area contributed by atoms with Crippen molar-refractivity contribution in [2.75, 3.05) is 31.6 Å². The number of hydrogen-bond acceptors (Lipinski definition) is 7. The van der Waals surface area contributed by atoms with Gasteiger partial charge < -0.3 is 9.64 Å². The van der Waals surface area contributed by atoms with Crippen molar-refractivity contribution in [1.29, 1.82) is 0 Å². The summed E-state index contributed by atoms with van der Waals surface area (Å²) in [6, 6.07) is 9.22. The number of amides is 1. The lowest BCUT2D eigenvalue weighted by molar-refractivity contribution is -0.385. The number of aromatic nitrogens is 1. The van der Waals surface area contributed by atoms with Gasteiger partial charge in [-0.1, -0.05) is 12.1 Å². The van der Waals surface area contributed by atoms with E-state index in [-0.39, 0.29) is 6.61 Å². The lowest BCUT2D eigenvalue weighted by Crippen LogP contribution is -2.34. The van der Waals surface area contributed by atoms with Gasteiger partial charge in [-0.15, -0.1) is 11.3 Å². The Morgan fingerprint density at radius 3 is 2.61 bits per heavy atom. The minimum Gasteiger partial charge on any atom is -0.449 e. The molecule has 0 unspecified atom stereocenters. The van der Waals surface area contributed by atoms with Gasteiger partial charge in [0, 0.05) is 12.5 Å². The maximum absolute atomic E-state index is 13.9. The quantitative estimate of drug-likeness (QED) is 0.282. The number of carbonyl (C=O) groups is 1. The fraction of sp³-hybridized carbons (Fsp3) is 0.364. The van der Waals surface area contributed by atoms with Crippen LogP contribution in [-0.2, 0) is 4.74 Å². The van der Waals surface area contributed by atoms with Gasteiger partial charge in [0.15, 0.2) is 11.6 Å². The van der Waals surface area contributed by atoms with Crippen LogP contribution in [0.15, 0.2) is 36.4 Å². The standard InChI is InChI=1S/C22H22F2N4O4S/c23-16-12-15(28(30)31)13-17(24)20(16)26-22(29)32-11-3-8-27-9-6-14(7-10-27)21-25-18-4-1-2-5-19(18)33-21/h1-2,4-5,12-14H,3,6-11H2,(H,26,29). The molecule has 0 bridgehead atoms. The first-order valence-electron chi connectivity index (χ1n) is 10.6. The summed E-state index contributed by atoms with van der Waals surface area (Å²) in [5, 5.41) is 13.8. The van der Waals surface area contributed by atoms with Gasteiger partial charge in [-0.05, 0) is 44.5 Å². The zero-order valence-electron chi connectivity index (χ0n) is 17.6. The van der Waals surface area contributed by atoms with E-state index in [0.29, 0.717) is 24.5 Å². The molecule has 1 aromatic heterocycles. The number of fused-ring (bicyclic) bond motifs is 1. The van der Waals surface area contributed by atoms with Crippen LogP contribution in [0.3, 0.4) is 0 Å². The Kier molecular flexibility index (Phi) is 7.09. The Morgan fingerprint density at radius 2 is 1.94 bits per heavy atom. The van der Waals surface area contributed by atoms with Crippen LogP contribution in [0.4, 0.5) is 25.0 Å². The number of non-ortho nitro benzene ring substituents is 1. The van der Waals surface area contributed by atoms with E-state index in [0.717, 1.165) is 38.0 Å². The number of nitrogens with zero attached hydrogens (tertiary/aromatic N) is 3. The Labute approximate surface area is 192 Å². The first-order chi connectivity index (χ1) is 15.9. The van der Waals surface area contributed by atoms with Crippen molar-refractivity contribution in [3.63, 3.8) is 0 Å². The number of rotatable bonds is 7. The fourth-order valence-electron chi connectivity index (χ4n) is 3.84. The summed E-state index contributed by atoms with van der Waals surface area (Å²) in [5.74, 6) is -2.03. The Balaban J connectivity index is 1.18. The molecule has 1 N–H and O–H groups in total. The summed E-state index contributed by atoms with van der Waals surface area (Å²) in [4.78, 5) is 28.6.